The van der Waals surface area contributed by atoms with Gasteiger partial charge in [-0.3, -0.25) is 24.6 Å². The Bertz CT molecular complexity index is 911. The van der Waals surface area contributed by atoms with Gasteiger partial charge in [-0.2, -0.15) is 0 Å². The fourth-order valence-electron chi connectivity index (χ4n) is 3.70. The van der Waals surface area contributed by atoms with Crippen LogP contribution >= 0.6 is 0 Å². The van der Waals surface area contributed by atoms with Crippen LogP contribution in [0.3, 0.4) is 0 Å². The Balaban J connectivity index is 1.58. The predicted octanol–water partition coefficient (Wildman–Crippen LogP) is 2.29. The largest absolute Gasteiger partial charge is 0.287 e. The third-order valence-electron chi connectivity index (χ3n) is 5.02. The van der Waals surface area contributed by atoms with Gasteiger partial charge >= 0.3 is 0 Å². The molecule has 0 N–H and O–H groups in total. The summed E-state index contributed by atoms with van der Waals surface area (Å²) >= 11 is 0. The number of amides is 2. The maximum atomic E-state index is 12.9. The molecule has 1 fully saturated rings. The maximum Gasteiger partial charge on any atom is 0.271 e. The zero-order valence-electron chi connectivity index (χ0n) is 14.0. The molecule has 7 nitrogen and oxygen atoms in total. The highest BCUT2D eigenvalue weighted by atomic mass is 16.6. The highest BCUT2D eigenvalue weighted by Gasteiger charge is 2.43. The molecule has 132 valence electrons. The summed E-state index contributed by atoms with van der Waals surface area (Å²) in [4.78, 5) is 38.9. The number of carbonyl (C=O) groups excluding carboxylic acids is 2. The monoisotopic (exact) mass is 351 g/mol. The van der Waals surface area contributed by atoms with Gasteiger partial charge in [-0.1, -0.05) is 30.3 Å². The van der Waals surface area contributed by atoms with E-state index in [1.165, 1.54) is 29.3 Å². The Morgan fingerprint density at radius 2 is 1.81 bits per heavy atom. The van der Waals surface area contributed by atoms with E-state index < -0.39 is 11.0 Å². The second-order valence-corrected chi connectivity index (χ2v) is 6.55. The quantitative estimate of drug-likeness (QED) is 0.481. The first-order valence-electron chi connectivity index (χ1n) is 8.46. The smallest absolute Gasteiger partial charge is 0.271 e. The van der Waals surface area contributed by atoms with Crippen LogP contribution in [0.4, 0.5) is 11.4 Å². The summed E-state index contributed by atoms with van der Waals surface area (Å²) in [6, 6.07) is 13.2. The number of hydrogen-bond acceptors (Lipinski definition) is 5. The van der Waals surface area contributed by atoms with Gasteiger partial charge in [0.05, 0.1) is 23.1 Å². The Morgan fingerprint density at radius 1 is 1.04 bits per heavy atom. The Kier molecular flexibility index (Phi) is 4.00. The Hall–Kier alpha value is -3.06. The van der Waals surface area contributed by atoms with Crippen molar-refractivity contribution in [1.82, 2.24) is 4.90 Å². The van der Waals surface area contributed by atoms with E-state index in [-0.39, 0.29) is 29.6 Å². The van der Waals surface area contributed by atoms with Crippen LogP contribution in [-0.4, -0.2) is 34.2 Å². The number of imide groups is 1. The lowest BCUT2D eigenvalue weighted by molar-refractivity contribution is -0.384. The van der Waals surface area contributed by atoms with Crippen molar-refractivity contribution in [2.45, 2.75) is 25.4 Å². The van der Waals surface area contributed by atoms with Crippen molar-refractivity contribution in [2.75, 3.05) is 11.4 Å². The number of benzene rings is 2. The molecule has 26 heavy (non-hydrogen) atoms. The van der Waals surface area contributed by atoms with Gasteiger partial charge in [-0.05, 0) is 23.6 Å². The van der Waals surface area contributed by atoms with Crippen molar-refractivity contribution in [3.63, 3.8) is 0 Å². The average Bonchev–Trinajstić information content (AvgIpc) is 2.95. The van der Waals surface area contributed by atoms with E-state index in [9.17, 15) is 19.7 Å². The molecule has 7 heteroatoms. The number of nitrogens with zero attached hydrogens (tertiary/aromatic N) is 3. The number of fused-ring (bicyclic) bond motifs is 1. The molecule has 0 aliphatic carbocycles. The molecule has 0 radical (unpaired) electrons. The van der Waals surface area contributed by atoms with Gasteiger partial charge in [0.25, 0.3) is 11.6 Å². The zero-order chi connectivity index (χ0) is 18.3. The van der Waals surface area contributed by atoms with E-state index in [1.54, 1.807) is 6.07 Å². The van der Waals surface area contributed by atoms with E-state index in [0.29, 0.717) is 13.1 Å². The average molecular weight is 351 g/mol. The third-order valence-corrected chi connectivity index (χ3v) is 5.02. The first kappa shape index (κ1) is 16.4. The number of nitro benzene ring substituents is 1. The van der Waals surface area contributed by atoms with Crippen molar-refractivity contribution < 1.29 is 14.5 Å². The lowest BCUT2D eigenvalue weighted by atomic mass is 9.98. The summed E-state index contributed by atoms with van der Waals surface area (Å²) < 4.78 is 0. The Morgan fingerprint density at radius 3 is 2.58 bits per heavy atom. The first-order valence-corrected chi connectivity index (χ1v) is 8.46. The van der Waals surface area contributed by atoms with Crippen molar-refractivity contribution in [1.29, 1.82) is 0 Å². The SMILES string of the molecule is O=C1C[C@H](N2CCc3ccccc3C2)C(=O)N1c1cccc([N+](=O)[O-])c1. The lowest BCUT2D eigenvalue weighted by Gasteiger charge is -2.32. The summed E-state index contributed by atoms with van der Waals surface area (Å²) in [5.41, 5.74) is 2.57. The van der Waals surface area contributed by atoms with Crippen LogP contribution < -0.4 is 4.90 Å². The van der Waals surface area contributed by atoms with Gasteiger partial charge in [-0.25, -0.2) is 4.90 Å². The molecule has 2 amide bonds. The number of non-ortho nitro benzene ring substituents is 1. The van der Waals surface area contributed by atoms with Crippen molar-refractivity contribution >= 4 is 23.2 Å². The van der Waals surface area contributed by atoms with E-state index in [1.807, 2.05) is 23.1 Å². The molecule has 1 saturated heterocycles. The number of nitro groups is 1. The van der Waals surface area contributed by atoms with Crippen LogP contribution in [0.5, 0.6) is 0 Å². The molecule has 0 unspecified atom stereocenters. The van der Waals surface area contributed by atoms with Crippen LogP contribution in [0.25, 0.3) is 0 Å². The third kappa shape index (κ3) is 2.76. The molecule has 4 rings (SSSR count). The highest BCUT2D eigenvalue weighted by Crippen LogP contribution is 2.30. The molecule has 0 saturated carbocycles. The summed E-state index contributed by atoms with van der Waals surface area (Å²) in [5, 5.41) is 11.0. The second-order valence-electron chi connectivity index (χ2n) is 6.55. The molecule has 0 spiro atoms. The molecule has 1 atom stereocenters. The minimum Gasteiger partial charge on any atom is -0.287 e. The fourth-order valence-corrected chi connectivity index (χ4v) is 3.70. The molecule has 0 bridgehead atoms. The molecule has 2 aliphatic heterocycles. The summed E-state index contributed by atoms with van der Waals surface area (Å²) in [6.45, 7) is 1.34. The van der Waals surface area contributed by atoms with Gasteiger partial charge in [-0.15, -0.1) is 0 Å². The van der Waals surface area contributed by atoms with E-state index in [2.05, 4.69) is 6.07 Å². The zero-order valence-corrected chi connectivity index (χ0v) is 14.0. The molecular formula is C19H17N3O4. The van der Waals surface area contributed by atoms with Gasteiger partial charge < -0.3 is 0 Å². The predicted molar refractivity (Wildman–Crippen MR) is 94.6 cm³/mol. The number of hydrogen-bond donors (Lipinski definition) is 0. The van der Waals surface area contributed by atoms with Crippen LogP contribution in [0, 0.1) is 10.1 Å². The minimum absolute atomic E-state index is 0.101. The van der Waals surface area contributed by atoms with Gasteiger partial charge in [0, 0.05) is 25.2 Å². The normalized spacial score (nSPS) is 20.3. The minimum atomic E-state index is -0.534. The molecular weight excluding hydrogens is 334 g/mol. The molecule has 2 aromatic rings. The maximum absolute atomic E-state index is 12.9. The fraction of sp³-hybridized carbons (Fsp3) is 0.263. The standard InChI is InChI=1S/C19H17N3O4/c23-18-11-17(20-9-8-13-4-1-2-5-14(13)12-20)19(24)21(18)15-6-3-7-16(10-15)22(25)26/h1-7,10,17H,8-9,11-12H2/t17-/m0/s1. The van der Waals surface area contributed by atoms with Crippen LogP contribution in [0.1, 0.15) is 17.5 Å². The van der Waals surface area contributed by atoms with Gasteiger partial charge in [0.2, 0.25) is 5.91 Å². The molecule has 2 heterocycles. The van der Waals surface area contributed by atoms with Crippen LogP contribution in [0.15, 0.2) is 48.5 Å². The van der Waals surface area contributed by atoms with Gasteiger partial charge in [0.1, 0.15) is 0 Å². The summed E-state index contributed by atoms with van der Waals surface area (Å²) in [7, 11) is 0. The van der Waals surface area contributed by atoms with E-state index >= 15 is 0 Å². The van der Waals surface area contributed by atoms with Crippen LogP contribution in [0.2, 0.25) is 0 Å². The lowest BCUT2D eigenvalue weighted by Crippen LogP contribution is -2.44. The molecule has 0 aromatic heterocycles. The van der Waals surface area contributed by atoms with Crippen molar-refractivity contribution in [3.05, 3.63) is 69.8 Å². The van der Waals surface area contributed by atoms with Gasteiger partial charge in [0.15, 0.2) is 0 Å². The first-order chi connectivity index (χ1) is 12.5. The van der Waals surface area contributed by atoms with Crippen molar-refractivity contribution in [2.24, 2.45) is 0 Å². The van der Waals surface area contributed by atoms with Crippen molar-refractivity contribution in [3.8, 4) is 0 Å². The molecule has 2 aromatic carbocycles. The number of rotatable bonds is 3. The Labute approximate surface area is 150 Å². The number of anilines is 1. The summed E-state index contributed by atoms with van der Waals surface area (Å²) in [5.74, 6) is -0.630. The topological polar surface area (TPSA) is 83.8 Å². The highest BCUT2D eigenvalue weighted by molar-refractivity contribution is 6.22. The second kappa shape index (κ2) is 6.34. The number of carbonyl (C=O) groups is 2. The van der Waals surface area contributed by atoms with E-state index in [4.69, 9.17) is 0 Å². The summed E-state index contributed by atoms with van der Waals surface area (Å²) in [6.07, 6.45) is 0.939. The van der Waals surface area contributed by atoms with E-state index in [0.717, 1.165) is 11.3 Å². The molecule has 2 aliphatic rings. The van der Waals surface area contributed by atoms with Crippen LogP contribution in [-0.2, 0) is 22.6 Å².